The summed E-state index contributed by atoms with van der Waals surface area (Å²) in [6.45, 7) is 11.2. The second kappa shape index (κ2) is 13.1. The molecule has 1 rings (SSSR count). The van der Waals surface area contributed by atoms with Crippen molar-refractivity contribution in [3.63, 3.8) is 0 Å². The fourth-order valence-corrected chi connectivity index (χ4v) is 3.46. The number of carbonyl (C=O) groups excluding carboxylic acids is 3. The average molecular weight is 476 g/mol. The molecule has 3 amide bonds. The van der Waals surface area contributed by atoms with Crippen molar-refractivity contribution in [1.29, 1.82) is 0 Å². The molecule has 1 aromatic carbocycles. The molecule has 0 aliphatic rings. The van der Waals surface area contributed by atoms with Crippen LogP contribution in [0.15, 0.2) is 24.3 Å². The van der Waals surface area contributed by atoms with Crippen LogP contribution in [0.5, 0.6) is 0 Å². The molecule has 7 nitrogen and oxygen atoms in total. The first-order chi connectivity index (χ1) is 15.4. The molecule has 2 N–H and O–H groups in total. The molecule has 0 saturated heterocycles. The van der Waals surface area contributed by atoms with Gasteiger partial charge in [0.15, 0.2) is 0 Å². The first-order valence-electron chi connectivity index (χ1n) is 11.2. The number of unbranched alkanes of at least 4 members (excludes halogenated alkanes) is 1. The molecule has 2 atom stereocenters. The van der Waals surface area contributed by atoms with Crippen LogP contribution in [-0.4, -0.2) is 52.8 Å². The quantitative estimate of drug-likeness (QED) is 0.356. The van der Waals surface area contributed by atoms with Crippen molar-refractivity contribution in [1.82, 2.24) is 15.5 Å². The Balaban J connectivity index is 3.44. The van der Waals surface area contributed by atoms with E-state index in [0.29, 0.717) is 24.1 Å². The lowest BCUT2D eigenvalue weighted by Gasteiger charge is -2.35. The highest BCUT2D eigenvalue weighted by Crippen LogP contribution is 2.26. The van der Waals surface area contributed by atoms with Crippen LogP contribution in [-0.2, 0) is 14.3 Å². The molecule has 0 aromatic heterocycles. The van der Waals surface area contributed by atoms with Gasteiger partial charge in [-0.2, -0.15) is 12.6 Å². The van der Waals surface area contributed by atoms with Gasteiger partial charge in [0.2, 0.25) is 11.8 Å². The SMILES string of the molecule is C#Cc1ccccc1C(C(=O)NC(C)C)N(CCCC)C(=O)C(CS)NC(=O)OC(C)(C)C. The Morgan fingerprint density at radius 3 is 2.33 bits per heavy atom. The standard InChI is InChI=1S/C25H37N3O4S/c1-8-10-15-28(23(30)20(16-33)27-24(31)32-25(5,6)7)21(22(29)26-17(3)4)19-14-12-11-13-18(19)9-2/h2,11-14,17,20-21,33H,8,10,15-16H2,1,3-7H3,(H,26,29)(H,27,31). The number of terminal acetylenes is 1. The Labute approximate surface area is 203 Å². The number of amides is 3. The van der Waals surface area contributed by atoms with Gasteiger partial charge in [-0.1, -0.05) is 37.5 Å². The van der Waals surface area contributed by atoms with Crippen LogP contribution in [0.4, 0.5) is 4.79 Å². The summed E-state index contributed by atoms with van der Waals surface area (Å²) in [4.78, 5) is 40.8. The van der Waals surface area contributed by atoms with Crippen LogP contribution in [0.3, 0.4) is 0 Å². The highest BCUT2D eigenvalue weighted by atomic mass is 32.1. The Bertz CT molecular complexity index is 858. The predicted molar refractivity (Wildman–Crippen MR) is 134 cm³/mol. The van der Waals surface area contributed by atoms with E-state index in [4.69, 9.17) is 11.2 Å². The van der Waals surface area contributed by atoms with E-state index in [1.54, 1.807) is 45.0 Å². The van der Waals surface area contributed by atoms with Crippen molar-refractivity contribution < 1.29 is 19.1 Å². The monoisotopic (exact) mass is 475 g/mol. The number of rotatable bonds is 10. The Morgan fingerprint density at radius 1 is 1.18 bits per heavy atom. The summed E-state index contributed by atoms with van der Waals surface area (Å²) in [5, 5.41) is 5.49. The van der Waals surface area contributed by atoms with Crippen molar-refractivity contribution in [3.05, 3.63) is 35.4 Å². The summed E-state index contributed by atoms with van der Waals surface area (Å²) >= 11 is 4.28. The van der Waals surface area contributed by atoms with Crippen LogP contribution in [0.1, 0.15) is 71.6 Å². The first kappa shape index (κ1) is 28.4. The topological polar surface area (TPSA) is 87.7 Å². The molecule has 0 aliphatic carbocycles. The van der Waals surface area contributed by atoms with Gasteiger partial charge >= 0.3 is 6.09 Å². The fraction of sp³-hybridized carbons (Fsp3) is 0.560. The first-order valence-corrected chi connectivity index (χ1v) is 11.8. The van der Waals surface area contributed by atoms with Crippen molar-refractivity contribution in [2.45, 2.75) is 78.1 Å². The van der Waals surface area contributed by atoms with Gasteiger partial charge in [0.05, 0.1) is 0 Å². The van der Waals surface area contributed by atoms with Crippen molar-refractivity contribution in [3.8, 4) is 12.3 Å². The van der Waals surface area contributed by atoms with E-state index in [1.165, 1.54) is 4.90 Å². The molecule has 0 spiro atoms. The third-order valence-corrected chi connectivity index (χ3v) is 4.97. The number of benzene rings is 1. The zero-order valence-corrected chi connectivity index (χ0v) is 21.4. The summed E-state index contributed by atoms with van der Waals surface area (Å²) in [6.07, 6.45) is 6.46. The van der Waals surface area contributed by atoms with E-state index in [0.717, 1.165) is 6.42 Å². The molecule has 0 aliphatic heterocycles. The summed E-state index contributed by atoms with van der Waals surface area (Å²) in [7, 11) is 0. The molecular formula is C25H37N3O4S. The van der Waals surface area contributed by atoms with Gasteiger partial charge in [-0.15, -0.1) is 6.42 Å². The lowest BCUT2D eigenvalue weighted by molar-refractivity contribution is -0.142. The summed E-state index contributed by atoms with van der Waals surface area (Å²) < 4.78 is 5.30. The van der Waals surface area contributed by atoms with Crippen molar-refractivity contribution in [2.24, 2.45) is 0 Å². The zero-order valence-electron chi connectivity index (χ0n) is 20.5. The van der Waals surface area contributed by atoms with Gasteiger partial charge in [0.1, 0.15) is 17.7 Å². The number of thiol groups is 1. The zero-order chi connectivity index (χ0) is 25.2. The summed E-state index contributed by atoms with van der Waals surface area (Å²) in [5.41, 5.74) is 0.359. The van der Waals surface area contributed by atoms with Gasteiger partial charge in [0, 0.05) is 23.9 Å². The molecule has 33 heavy (non-hydrogen) atoms. The molecule has 0 radical (unpaired) electrons. The predicted octanol–water partition coefficient (Wildman–Crippen LogP) is 3.69. The molecule has 8 heteroatoms. The normalized spacial score (nSPS) is 12.9. The third kappa shape index (κ3) is 9.01. The number of ether oxygens (including phenoxy) is 1. The molecule has 182 valence electrons. The Hall–Kier alpha value is -2.66. The van der Waals surface area contributed by atoms with Crippen LogP contribution < -0.4 is 10.6 Å². The average Bonchev–Trinajstić information content (AvgIpc) is 2.72. The van der Waals surface area contributed by atoms with E-state index in [1.807, 2.05) is 20.8 Å². The van der Waals surface area contributed by atoms with Gasteiger partial charge < -0.3 is 20.3 Å². The lowest BCUT2D eigenvalue weighted by atomic mass is 9.97. The van der Waals surface area contributed by atoms with Gasteiger partial charge in [-0.05, 0) is 52.7 Å². The molecule has 1 aromatic rings. The maximum atomic E-state index is 13.7. The van der Waals surface area contributed by atoms with Gasteiger partial charge in [0.25, 0.3) is 0 Å². The Morgan fingerprint density at radius 2 is 1.82 bits per heavy atom. The summed E-state index contributed by atoms with van der Waals surface area (Å²) in [5.74, 6) is 1.88. The number of carbonyl (C=O) groups is 3. The number of nitrogens with one attached hydrogen (secondary N) is 2. The Kier molecular flexibility index (Phi) is 11.3. The van der Waals surface area contributed by atoms with Crippen molar-refractivity contribution in [2.75, 3.05) is 12.3 Å². The van der Waals surface area contributed by atoms with Crippen LogP contribution >= 0.6 is 12.6 Å². The molecule has 0 heterocycles. The minimum absolute atomic E-state index is 0.0377. The highest BCUT2D eigenvalue weighted by molar-refractivity contribution is 7.80. The number of alkyl carbamates (subject to hydrolysis) is 1. The largest absolute Gasteiger partial charge is 0.444 e. The molecule has 0 saturated carbocycles. The highest BCUT2D eigenvalue weighted by Gasteiger charge is 2.36. The minimum Gasteiger partial charge on any atom is -0.444 e. The number of hydrogen-bond acceptors (Lipinski definition) is 5. The molecule has 2 unspecified atom stereocenters. The second-order valence-corrected chi connectivity index (χ2v) is 9.43. The van der Waals surface area contributed by atoms with E-state index >= 15 is 0 Å². The maximum Gasteiger partial charge on any atom is 0.408 e. The van der Waals surface area contributed by atoms with Crippen molar-refractivity contribution >= 4 is 30.5 Å². The third-order valence-electron chi connectivity index (χ3n) is 4.61. The van der Waals surface area contributed by atoms with E-state index < -0.39 is 29.7 Å². The van der Waals surface area contributed by atoms with E-state index in [-0.39, 0.29) is 17.7 Å². The second-order valence-electron chi connectivity index (χ2n) is 9.06. The van der Waals surface area contributed by atoms with Crippen LogP contribution in [0.25, 0.3) is 0 Å². The minimum atomic E-state index is -0.979. The van der Waals surface area contributed by atoms with Crippen LogP contribution in [0.2, 0.25) is 0 Å². The van der Waals surface area contributed by atoms with Gasteiger partial charge in [-0.3, -0.25) is 9.59 Å². The number of nitrogens with zero attached hydrogens (tertiary/aromatic N) is 1. The van der Waals surface area contributed by atoms with Gasteiger partial charge in [-0.25, -0.2) is 4.79 Å². The molecular weight excluding hydrogens is 438 g/mol. The number of hydrogen-bond donors (Lipinski definition) is 3. The van der Waals surface area contributed by atoms with Crippen LogP contribution in [0, 0.1) is 12.3 Å². The summed E-state index contributed by atoms with van der Waals surface area (Å²) in [6, 6.07) is 4.99. The van der Waals surface area contributed by atoms with E-state index in [2.05, 4.69) is 29.2 Å². The molecule has 0 bridgehead atoms. The lowest BCUT2D eigenvalue weighted by Crippen LogP contribution is -2.54. The molecule has 0 fully saturated rings. The fourth-order valence-electron chi connectivity index (χ4n) is 3.21. The smallest absolute Gasteiger partial charge is 0.408 e. The maximum absolute atomic E-state index is 13.7. The van der Waals surface area contributed by atoms with E-state index in [9.17, 15) is 14.4 Å².